The Bertz CT molecular complexity index is 669. The Morgan fingerprint density at radius 2 is 2.06 bits per heavy atom. The Labute approximate surface area is 97.0 Å². The fourth-order valence-electron chi connectivity index (χ4n) is 2.48. The number of fused-ring (bicyclic) bond motifs is 4. The Morgan fingerprint density at radius 1 is 1.18 bits per heavy atom. The van der Waals surface area contributed by atoms with Crippen LogP contribution in [0.4, 0.5) is 0 Å². The highest BCUT2D eigenvalue weighted by Gasteiger charge is 2.43. The zero-order valence-electron chi connectivity index (χ0n) is 8.98. The third-order valence-electron chi connectivity index (χ3n) is 3.33. The summed E-state index contributed by atoms with van der Waals surface area (Å²) >= 11 is 0. The van der Waals surface area contributed by atoms with Crippen molar-refractivity contribution in [2.45, 2.75) is 12.5 Å². The Kier molecular flexibility index (Phi) is 1.39. The monoisotopic (exact) mass is 229 g/mol. The third-order valence-corrected chi connectivity index (χ3v) is 3.33. The van der Waals surface area contributed by atoms with Crippen LogP contribution in [0.25, 0.3) is 11.4 Å². The molecule has 0 saturated heterocycles. The van der Waals surface area contributed by atoms with Crippen molar-refractivity contribution in [2.75, 3.05) is 0 Å². The maximum Gasteiger partial charge on any atom is 0.146 e. The average molecular weight is 229 g/mol. The van der Waals surface area contributed by atoms with Gasteiger partial charge in [-0.1, -0.05) is 12.2 Å². The van der Waals surface area contributed by atoms with Crippen LogP contribution in [0.5, 0.6) is 11.5 Å². The molecule has 1 aromatic carbocycles. The SMILES string of the molecule is Oc1ccc(-n2n3n2C2CC=CC=C23)c(O)c1. The van der Waals surface area contributed by atoms with Gasteiger partial charge >= 0.3 is 0 Å². The summed E-state index contributed by atoms with van der Waals surface area (Å²) in [5.41, 5.74) is 1.94. The van der Waals surface area contributed by atoms with E-state index in [1.165, 1.54) is 11.8 Å². The average Bonchev–Trinajstić information content (AvgIpc) is 2.94. The van der Waals surface area contributed by atoms with Crippen LogP contribution in [-0.4, -0.2) is 24.6 Å². The molecular weight excluding hydrogens is 218 g/mol. The predicted molar refractivity (Wildman–Crippen MR) is 62.1 cm³/mol. The van der Waals surface area contributed by atoms with Gasteiger partial charge in [-0.05, 0) is 24.6 Å². The van der Waals surface area contributed by atoms with Crippen LogP contribution in [-0.2, 0) is 0 Å². The molecule has 86 valence electrons. The van der Waals surface area contributed by atoms with E-state index >= 15 is 0 Å². The highest BCUT2D eigenvalue weighted by Crippen LogP contribution is 2.45. The van der Waals surface area contributed by atoms with Crippen molar-refractivity contribution in [1.29, 1.82) is 0 Å². The number of hydrogen-bond acceptors (Lipinski definition) is 2. The second-order valence-corrected chi connectivity index (χ2v) is 4.34. The number of rotatable bonds is 1. The molecule has 17 heavy (non-hydrogen) atoms. The summed E-state index contributed by atoms with van der Waals surface area (Å²) in [6.45, 7) is 0. The number of nitrogens with zero attached hydrogens (tertiary/aromatic N) is 3. The molecule has 2 aliphatic rings. The molecule has 1 aromatic heterocycles. The Morgan fingerprint density at radius 3 is 2.82 bits per heavy atom. The van der Waals surface area contributed by atoms with E-state index in [1.54, 1.807) is 12.1 Å². The largest absolute Gasteiger partial charge is 0.508 e. The summed E-state index contributed by atoms with van der Waals surface area (Å²) in [4.78, 5) is 6.01. The van der Waals surface area contributed by atoms with Crippen LogP contribution in [0.15, 0.2) is 36.4 Å². The molecule has 0 amide bonds. The number of allylic oxidation sites excluding steroid dienone is 4. The molecule has 0 spiro atoms. The minimum atomic E-state index is 0.0729. The third kappa shape index (κ3) is 0.982. The molecule has 4 rings (SSSR count). The molecular formula is C12H11N3O2. The van der Waals surface area contributed by atoms with E-state index < -0.39 is 0 Å². The van der Waals surface area contributed by atoms with Crippen molar-refractivity contribution in [3.63, 3.8) is 0 Å². The summed E-state index contributed by atoms with van der Waals surface area (Å²) in [7, 11) is 0. The number of benzene rings is 1. The number of aromatic nitrogens is 3. The summed E-state index contributed by atoms with van der Waals surface area (Å²) < 4.78 is 0. The summed E-state index contributed by atoms with van der Waals surface area (Å²) in [6, 6.07) is 5.04. The first-order valence-electron chi connectivity index (χ1n) is 5.55. The standard InChI is InChI=1S/C12H11N3O2/c16-8-5-6-11(12(17)7-8)15-13-9-3-1-2-4-10(9)14(13)15/h1-3,5-7,10,16-17H,4H2. The minimum Gasteiger partial charge on any atom is -0.508 e. The van der Waals surface area contributed by atoms with E-state index in [4.69, 9.17) is 0 Å². The van der Waals surface area contributed by atoms with Gasteiger partial charge in [0.2, 0.25) is 0 Å². The fraction of sp³-hybridized carbons (Fsp3) is 0.167. The van der Waals surface area contributed by atoms with Gasteiger partial charge in [0.25, 0.3) is 0 Å². The molecule has 2 aromatic rings. The second kappa shape index (κ2) is 2.68. The van der Waals surface area contributed by atoms with E-state index in [0.717, 1.165) is 6.42 Å². The van der Waals surface area contributed by atoms with E-state index in [0.29, 0.717) is 11.7 Å². The number of phenolic OH excluding ortho intramolecular Hbond substituents is 2. The maximum absolute atomic E-state index is 9.81. The predicted octanol–water partition coefficient (Wildman–Crippen LogP) is 1.85. The number of phenols is 2. The fourth-order valence-corrected chi connectivity index (χ4v) is 2.48. The van der Waals surface area contributed by atoms with Gasteiger partial charge in [0.1, 0.15) is 23.2 Å². The molecule has 1 atom stereocenters. The molecule has 5 heteroatoms. The minimum absolute atomic E-state index is 0.0729. The first kappa shape index (κ1) is 8.81. The molecule has 0 fully saturated rings. The Balaban J connectivity index is 1.80. The molecule has 1 unspecified atom stereocenters. The summed E-state index contributed by atoms with van der Waals surface area (Å²) in [5, 5.41) is 19.1. The lowest BCUT2D eigenvalue weighted by atomic mass is 10.0. The van der Waals surface area contributed by atoms with Crippen molar-refractivity contribution in [2.24, 2.45) is 0 Å². The molecule has 2 heterocycles. The van der Waals surface area contributed by atoms with Crippen molar-refractivity contribution >= 4 is 5.70 Å². The smallest absolute Gasteiger partial charge is 0.146 e. The van der Waals surface area contributed by atoms with Gasteiger partial charge in [-0.25, -0.2) is 0 Å². The van der Waals surface area contributed by atoms with Gasteiger partial charge in [0.05, 0.1) is 5.70 Å². The van der Waals surface area contributed by atoms with E-state index in [-0.39, 0.29) is 11.5 Å². The lowest BCUT2D eigenvalue weighted by molar-refractivity contribution is 0.447. The zero-order valence-corrected chi connectivity index (χ0v) is 8.98. The second-order valence-electron chi connectivity index (χ2n) is 4.34. The van der Waals surface area contributed by atoms with Gasteiger partial charge in [-0.2, -0.15) is 14.4 Å². The lowest BCUT2D eigenvalue weighted by Gasteiger charge is -2.21. The Hall–Kier alpha value is -2.30. The molecule has 5 nitrogen and oxygen atoms in total. The van der Waals surface area contributed by atoms with Gasteiger partial charge in [-0.3, -0.25) is 0 Å². The van der Waals surface area contributed by atoms with E-state index in [9.17, 15) is 10.2 Å². The summed E-state index contributed by atoms with van der Waals surface area (Å²) in [5.74, 6) is 0.161. The molecule has 2 N–H and O–H groups in total. The van der Waals surface area contributed by atoms with Crippen molar-refractivity contribution in [3.05, 3.63) is 36.4 Å². The van der Waals surface area contributed by atoms with Gasteiger partial charge in [0, 0.05) is 6.07 Å². The molecule has 0 saturated carbocycles. The quantitative estimate of drug-likeness (QED) is 0.784. The zero-order chi connectivity index (χ0) is 11.6. The van der Waals surface area contributed by atoms with E-state index in [1.807, 2.05) is 9.59 Å². The van der Waals surface area contributed by atoms with Crippen molar-refractivity contribution in [3.8, 4) is 17.2 Å². The maximum atomic E-state index is 9.81. The molecule has 1 aliphatic heterocycles. The van der Waals surface area contributed by atoms with Crippen LogP contribution in [0.3, 0.4) is 0 Å². The topological polar surface area (TPSA) is 55.2 Å². The number of hydrogen-bond donors (Lipinski definition) is 2. The van der Waals surface area contributed by atoms with Crippen molar-refractivity contribution < 1.29 is 10.2 Å². The normalized spacial score (nSPS) is 20.7. The van der Waals surface area contributed by atoms with Gasteiger partial charge in [0.15, 0.2) is 0 Å². The highest BCUT2D eigenvalue weighted by atomic mass is 16.3. The first-order valence-corrected chi connectivity index (χ1v) is 5.55. The first-order chi connectivity index (χ1) is 8.27. The van der Waals surface area contributed by atoms with Gasteiger partial charge < -0.3 is 10.2 Å². The summed E-state index contributed by atoms with van der Waals surface area (Å²) in [6.07, 6.45) is 7.27. The van der Waals surface area contributed by atoms with Crippen LogP contribution < -0.4 is 0 Å². The van der Waals surface area contributed by atoms with Crippen LogP contribution in [0.1, 0.15) is 12.5 Å². The molecule has 0 bridgehead atoms. The molecule has 1 aliphatic carbocycles. The van der Waals surface area contributed by atoms with Crippen LogP contribution in [0, 0.1) is 0 Å². The lowest BCUT2D eigenvalue weighted by Crippen LogP contribution is -2.20. The van der Waals surface area contributed by atoms with Crippen LogP contribution >= 0.6 is 0 Å². The molecule has 0 radical (unpaired) electrons. The van der Waals surface area contributed by atoms with Crippen LogP contribution in [0.2, 0.25) is 0 Å². The van der Waals surface area contributed by atoms with Crippen molar-refractivity contribution in [1.82, 2.24) is 14.4 Å². The highest BCUT2D eigenvalue weighted by molar-refractivity contribution is 5.62. The van der Waals surface area contributed by atoms with E-state index in [2.05, 4.69) is 23.0 Å². The van der Waals surface area contributed by atoms with Gasteiger partial charge in [-0.15, -0.1) is 0 Å². The number of aromatic hydroxyl groups is 2.